The van der Waals surface area contributed by atoms with E-state index in [0.29, 0.717) is 16.6 Å². The Balaban J connectivity index is 2.03. The number of carbonyl (C=O) groups is 1. The molecule has 2 rings (SSSR count). The van der Waals surface area contributed by atoms with Crippen molar-refractivity contribution in [3.8, 4) is 0 Å². The first-order valence-corrected chi connectivity index (χ1v) is 6.49. The molecule has 0 amide bonds. The maximum absolute atomic E-state index is 11.4. The van der Waals surface area contributed by atoms with E-state index in [1.54, 1.807) is 0 Å². The van der Waals surface area contributed by atoms with E-state index in [9.17, 15) is 4.79 Å². The van der Waals surface area contributed by atoms with Gasteiger partial charge in [0.05, 0.1) is 19.8 Å². The molecule has 0 aliphatic carbocycles. The number of esters is 1. The highest BCUT2D eigenvalue weighted by molar-refractivity contribution is 7.18. The lowest BCUT2D eigenvalue weighted by Gasteiger charge is -2.22. The highest BCUT2D eigenvalue weighted by atomic mass is 35.5. The Morgan fingerprint density at radius 2 is 2.53 bits per heavy atom. The first-order valence-electron chi connectivity index (χ1n) is 5.29. The predicted octanol–water partition coefficient (Wildman–Crippen LogP) is 2.17. The molecule has 17 heavy (non-hydrogen) atoms. The summed E-state index contributed by atoms with van der Waals surface area (Å²) in [5.74, 6) is -0.458. The monoisotopic (exact) mass is 276 g/mol. The zero-order valence-electron chi connectivity index (χ0n) is 9.36. The molecule has 94 valence electrons. The van der Waals surface area contributed by atoms with Crippen LogP contribution in [-0.4, -0.2) is 37.3 Å². The second-order valence-electron chi connectivity index (χ2n) is 3.69. The minimum atomic E-state index is -0.458. The number of carbonyl (C=O) groups excluding carboxylic acids is 1. The van der Waals surface area contributed by atoms with Crippen LogP contribution >= 0.6 is 22.9 Å². The van der Waals surface area contributed by atoms with Crippen molar-refractivity contribution >= 4 is 34.0 Å². The number of halogens is 1. The SMILES string of the molecule is COC(=O)c1sc(NC2CCCOC2)nc1Cl. The van der Waals surface area contributed by atoms with Gasteiger partial charge in [-0.05, 0) is 12.8 Å². The molecule has 1 aromatic heterocycles. The minimum Gasteiger partial charge on any atom is -0.465 e. The minimum absolute atomic E-state index is 0.182. The summed E-state index contributed by atoms with van der Waals surface area (Å²) in [4.78, 5) is 15.8. The predicted molar refractivity (Wildman–Crippen MR) is 65.9 cm³/mol. The van der Waals surface area contributed by atoms with Crippen LogP contribution in [0.15, 0.2) is 0 Å². The Bertz CT molecular complexity index is 404. The van der Waals surface area contributed by atoms with Crippen LogP contribution in [-0.2, 0) is 9.47 Å². The molecule has 2 heterocycles. The topological polar surface area (TPSA) is 60.5 Å². The Labute approximate surface area is 108 Å². The highest BCUT2D eigenvalue weighted by Crippen LogP contribution is 2.28. The second kappa shape index (κ2) is 5.66. The standard InChI is InChI=1S/C10H13ClN2O3S/c1-15-9(14)7-8(11)13-10(17-7)12-6-3-2-4-16-5-6/h6H,2-5H2,1H3,(H,12,13). The molecule has 1 fully saturated rings. The van der Waals surface area contributed by atoms with E-state index < -0.39 is 5.97 Å². The summed E-state index contributed by atoms with van der Waals surface area (Å²) < 4.78 is 9.96. The number of methoxy groups -OCH3 is 1. The number of thiazole rings is 1. The van der Waals surface area contributed by atoms with Crippen LogP contribution in [0.2, 0.25) is 5.15 Å². The van der Waals surface area contributed by atoms with Gasteiger partial charge in [-0.3, -0.25) is 0 Å². The lowest BCUT2D eigenvalue weighted by atomic mass is 10.1. The summed E-state index contributed by atoms with van der Waals surface area (Å²) in [6, 6.07) is 0.233. The largest absolute Gasteiger partial charge is 0.465 e. The lowest BCUT2D eigenvalue weighted by Crippen LogP contribution is -2.29. The zero-order valence-corrected chi connectivity index (χ0v) is 10.9. The fraction of sp³-hybridized carbons (Fsp3) is 0.600. The second-order valence-corrected chi connectivity index (χ2v) is 5.05. The number of hydrogen-bond donors (Lipinski definition) is 1. The number of ether oxygens (including phenoxy) is 2. The quantitative estimate of drug-likeness (QED) is 0.858. The molecule has 5 nitrogen and oxygen atoms in total. The third-order valence-corrected chi connectivity index (χ3v) is 3.80. The molecular weight excluding hydrogens is 264 g/mol. The molecule has 1 aliphatic heterocycles. The van der Waals surface area contributed by atoms with E-state index in [1.165, 1.54) is 18.4 Å². The van der Waals surface area contributed by atoms with Gasteiger partial charge in [0.15, 0.2) is 15.2 Å². The summed E-state index contributed by atoms with van der Waals surface area (Å²) in [6.07, 6.45) is 2.06. The number of nitrogens with one attached hydrogen (secondary N) is 1. The van der Waals surface area contributed by atoms with E-state index in [-0.39, 0.29) is 11.2 Å². The normalized spacial score (nSPS) is 20.0. The third kappa shape index (κ3) is 3.08. The van der Waals surface area contributed by atoms with Gasteiger partial charge in [-0.1, -0.05) is 22.9 Å². The molecule has 1 aromatic rings. The van der Waals surface area contributed by atoms with Crippen molar-refractivity contribution in [3.63, 3.8) is 0 Å². The van der Waals surface area contributed by atoms with E-state index in [2.05, 4.69) is 15.0 Å². The van der Waals surface area contributed by atoms with Crippen molar-refractivity contribution in [2.24, 2.45) is 0 Å². The molecule has 1 atom stereocenters. The van der Waals surface area contributed by atoms with E-state index >= 15 is 0 Å². The first kappa shape index (κ1) is 12.6. The number of rotatable bonds is 3. The zero-order chi connectivity index (χ0) is 12.3. The molecule has 0 aromatic carbocycles. The molecule has 0 radical (unpaired) electrons. The summed E-state index contributed by atoms with van der Waals surface area (Å²) in [5, 5.41) is 4.02. The molecule has 7 heteroatoms. The van der Waals surface area contributed by atoms with Crippen molar-refractivity contribution in [1.29, 1.82) is 0 Å². The third-order valence-electron chi connectivity index (χ3n) is 2.44. The smallest absolute Gasteiger partial charge is 0.351 e. The van der Waals surface area contributed by atoms with Crippen molar-refractivity contribution in [2.75, 3.05) is 25.6 Å². The van der Waals surface area contributed by atoms with Gasteiger partial charge in [0.2, 0.25) is 0 Å². The number of aromatic nitrogens is 1. The van der Waals surface area contributed by atoms with Crippen LogP contribution in [0.3, 0.4) is 0 Å². The average molecular weight is 277 g/mol. The molecule has 0 spiro atoms. The van der Waals surface area contributed by atoms with Crippen molar-refractivity contribution in [3.05, 3.63) is 10.0 Å². The summed E-state index contributed by atoms with van der Waals surface area (Å²) in [7, 11) is 1.32. The van der Waals surface area contributed by atoms with Gasteiger partial charge in [-0.15, -0.1) is 0 Å². The number of anilines is 1. The summed E-state index contributed by atoms with van der Waals surface area (Å²) >= 11 is 7.07. The molecule has 1 N–H and O–H groups in total. The molecule has 1 saturated heterocycles. The number of nitrogens with zero attached hydrogens (tertiary/aromatic N) is 1. The van der Waals surface area contributed by atoms with Crippen LogP contribution in [0, 0.1) is 0 Å². The van der Waals surface area contributed by atoms with Crippen LogP contribution in [0.25, 0.3) is 0 Å². The molecule has 0 saturated carbocycles. The summed E-state index contributed by atoms with van der Waals surface area (Å²) in [6.45, 7) is 1.47. The fourth-order valence-electron chi connectivity index (χ4n) is 1.61. The van der Waals surface area contributed by atoms with Gasteiger partial charge < -0.3 is 14.8 Å². The van der Waals surface area contributed by atoms with Gasteiger partial charge in [0.25, 0.3) is 0 Å². The summed E-state index contributed by atoms with van der Waals surface area (Å²) in [5.41, 5.74) is 0. The van der Waals surface area contributed by atoms with Gasteiger partial charge in [0.1, 0.15) is 0 Å². The average Bonchev–Trinajstić information content (AvgIpc) is 2.70. The highest BCUT2D eigenvalue weighted by Gasteiger charge is 2.20. The Hall–Kier alpha value is -0.850. The van der Waals surface area contributed by atoms with Crippen LogP contribution < -0.4 is 5.32 Å². The van der Waals surface area contributed by atoms with Gasteiger partial charge in [-0.25, -0.2) is 9.78 Å². The molecule has 1 aliphatic rings. The van der Waals surface area contributed by atoms with Gasteiger partial charge >= 0.3 is 5.97 Å². The van der Waals surface area contributed by atoms with Crippen LogP contribution in [0.5, 0.6) is 0 Å². The first-order chi connectivity index (χ1) is 8.20. The van der Waals surface area contributed by atoms with Crippen LogP contribution in [0.1, 0.15) is 22.5 Å². The van der Waals surface area contributed by atoms with Crippen molar-refractivity contribution in [1.82, 2.24) is 4.98 Å². The van der Waals surface area contributed by atoms with E-state index in [4.69, 9.17) is 16.3 Å². The Morgan fingerprint density at radius 3 is 3.18 bits per heavy atom. The maximum atomic E-state index is 11.4. The fourth-order valence-corrected chi connectivity index (χ4v) is 2.79. The maximum Gasteiger partial charge on any atom is 0.351 e. The van der Waals surface area contributed by atoms with Crippen molar-refractivity contribution in [2.45, 2.75) is 18.9 Å². The van der Waals surface area contributed by atoms with Crippen molar-refractivity contribution < 1.29 is 14.3 Å². The molecule has 1 unspecified atom stereocenters. The number of hydrogen-bond acceptors (Lipinski definition) is 6. The lowest BCUT2D eigenvalue weighted by molar-refractivity contribution is 0.0606. The Kier molecular flexibility index (Phi) is 4.20. The van der Waals surface area contributed by atoms with Crippen LogP contribution in [0.4, 0.5) is 5.13 Å². The van der Waals surface area contributed by atoms with E-state index in [1.807, 2.05) is 0 Å². The Morgan fingerprint density at radius 1 is 1.71 bits per heavy atom. The molecule has 0 bridgehead atoms. The van der Waals surface area contributed by atoms with E-state index in [0.717, 1.165) is 19.4 Å². The molecular formula is C10H13ClN2O3S. The van der Waals surface area contributed by atoms with Gasteiger partial charge in [-0.2, -0.15) is 0 Å². The van der Waals surface area contributed by atoms with Gasteiger partial charge in [0, 0.05) is 6.61 Å².